The summed E-state index contributed by atoms with van der Waals surface area (Å²) in [6.07, 6.45) is 1.03. The molecule has 0 amide bonds. The molecule has 118 valence electrons. The highest BCUT2D eigenvalue weighted by Gasteiger charge is 2.19. The number of sulfonamides is 1. The van der Waals surface area contributed by atoms with Crippen LogP contribution in [0.3, 0.4) is 0 Å². The van der Waals surface area contributed by atoms with Crippen LogP contribution in [0, 0.1) is 6.92 Å². The Labute approximate surface area is 138 Å². The van der Waals surface area contributed by atoms with Crippen molar-refractivity contribution in [1.82, 2.24) is 0 Å². The van der Waals surface area contributed by atoms with Crippen LogP contribution in [0.2, 0.25) is 0 Å². The molecule has 0 radical (unpaired) electrons. The zero-order valence-corrected chi connectivity index (χ0v) is 15.1. The summed E-state index contributed by atoms with van der Waals surface area (Å²) >= 11 is 3.31. The zero-order valence-electron chi connectivity index (χ0n) is 11.9. The van der Waals surface area contributed by atoms with Gasteiger partial charge in [-0.25, -0.2) is 16.8 Å². The van der Waals surface area contributed by atoms with E-state index in [9.17, 15) is 16.8 Å². The van der Waals surface area contributed by atoms with Crippen LogP contribution in [0.25, 0.3) is 0 Å². The summed E-state index contributed by atoms with van der Waals surface area (Å²) in [4.78, 5) is 0.00362. The number of para-hydroxylation sites is 1. The Bertz CT molecular complexity index is 922. The standard InChI is InChI=1S/C14H14BrNO4S2/c1-10-9-11(7-8-12(10)15)22(19,20)16-13-5-3-4-6-14(13)21(2,17)18/h3-9,16H,1-2H3. The van der Waals surface area contributed by atoms with E-state index in [1.807, 2.05) is 0 Å². The maximum atomic E-state index is 12.4. The van der Waals surface area contributed by atoms with E-state index in [2.05, 4.69) is 20.7 Å². The molecular formula is C14H14BrNO4S2. The lowest BCUT2D eigenvalue weighted by Crippen LogP contribution is -2.15. The van der Waals surface area contributed by atoms with Gasteiger partial charge in [0.1, 0.15) is 0 Å². The van der Waals surface area contributed by atoms with Gasteiger partial charge in [0.15, 0.2) is 9.84 Å². The smallest absolute Gasteiger partial charge is 0.261 e. The fourth-order valence-corrected chi connectivity index (χ4v) is 4.18. The highest BCUT2D eigenvalue weighted by molar-refractivity contribution is 9.10. The van der Waals surface area contributed by atoms with Crippen LogP contribution in [0.1, 0.15) is 5.56 Å². The van der Waals surface area contributed by atoms with Gasteiger partial charge in [-0.3, -0.25) is 4.72 Å². The van der Waals surface area contributed by atoms with Crippen molar-refractivity contribution < 1.29 is 16.8 Å². The number of benzene rings is 2. The van der Waals surface area contributed by atoms with Gasteiger partial charge in [-0.05, 0) is 42.8 Å². The Kier molecular flexibility index (Phi) is 4.65. The number of rotatable bonds is 4. The normalized spacial score (nSPS) is 12.1. The van der Waals surface area contributed by atoms with E-state index in [4.69, 9.17) is 0 Å². The average Bonchev–Trinajstić information content (AvgIpc) is 2.40. The van der Waals surface area contributed by atoms with E-state index in [0.717, 1.165) is 16.3 Å². The molecule has 0 fully saturated rings. The fraction of sp³-hybridized carbons (Fsp3) is 0.143. The van der Waals surface area contributed by atoms with Crippen molar-refractivity contribution in [2.75, 3.05) is 11.0 Å². The van der Waals surface area contributed by atoms with Gasteiger partial charge >= 0.3 is 0 Å². The van der Waals surface area contributed by atoms with E-state index in [1.54, 1.807) is 19.1 Å². The second-order valence-corrected chi connectivity index (χ2v) is 9.31. The van der Waals surface area contributed by atoms with Gasteiger partial charge in [0.2, 0.25) is 0 Å². The number of sulfone groups is 1. The lowest BCUT2D eigenvalue weighted by atomic mass is 10.2. The summed E-state index contributed by atoms with van der Waals surface area (Å²) in [5, 5.41) is 0. The van der Waals surface area contributed by atoms with Gasteiger partial charge in [0.05, 0.1) is 15.5 Å². The Hall–Kier alpha value is -1.38. The lowest BCUT2D eigenvalue weighted by molar-refractivity contribution is 0.601. The maximum absolute atomic E-state index is 12.4. The molecule has 0 atom stereocenters. The maximum Gasteiger partial charge on any atom is 0.261 e. The molecule has 0 saturated carbocycles. The summed E-state index contributed by atoms with van der Waals surface area (Å²) in [6, 6.07) is 10.5. The number of anilines is 1. The summed E-state index contributed by atoms with van der Waals surface area (Å²) in [5.41, 5.74) is 0.796. The van der Waals surface area contributed by atoms with Crippen LogP contribution in [-0.2, 0) is 19.9 Å². The van der Waals surface area contributed by atoms with Crippen molar-refractivity contribution in [3.05, 3.63) is 52.5 Å². The van der Waals surface area contributed by atoms with Gasteiger partial charge in [0.25, 0.3) is 10.0 Å². The predicted octanol–water partition coefficient (Wildman–Crippen LogP) is 2.96. The number of nitrogens with one attached hydrogen (secondary N) is 1. The third-order valence-corrected chi connectivity index (χ3v) is 6.38. The van der Waals surface area contributed by atoms with Gasteiger partial charge in [-0.1, -0.05) is 28.1 Å². The molecule has 5 nitrogen and oxygen atoms in total. The van der Waals surface area contributed by atoms with Crippen LogP contribution in [0.15, 0.2) is 56.7 Å². The molecule has 0 spiro atoms. The summed E-state index contributed by atoms with van der Waals surface area (Å²) < 4.78 is 51.4. The quantitative estimate of drug-likeness (QED) is 0.850. The Morgan fingerprint density at radius 1 is 1.00 bits per heavy atom. The average molecular weight is 404 g/mol. The molecule has 2 aromatic carbocycles. The summed E-state index contributed by atoms with van der Waals surface area (Å²) in [6.45, 7) is 1.77. The second-order valence-electron chi connectivity index (χ2n) is 4.78. The largest absolute Gasteiger partial charge is 0.278 e. The first-order valence-corrected chi connectivity index (χ1v) is 10.4. The SMILES string of the molecule is Cc1cc(S(=O)(=O)Nc2ccccc2S(C)(=O)=O)ccc1Br. The molecular weight excluding hydrogens is 390 g/mol. The van der Waals surface area contributed by atoms with E-state index in [0.29, 0.717) is 0 Å². The van der Waals surface area contributed by atoms with Gasteiger partial charge in [-0.2, -0.15) is 0 Å². The zero-order chi connectivity index (χ0) is 16.5. The molecule has 0 aliphatic heterocycles. The molecule has 0 aliphatic rings. The molecule has 0 saturated heterocycles. The minimum absolute atomic E-state index is 0.0329. The van der Waals surface area contributed by atoms with Crippen LogP contribution in [-0.4, -0.2) is 23.1 Å². The molecule has 2 rings (SSSR count). The van der Waals surface area contributed by atoms with Crippen molar-refractivity contribution >= 4 is 41.5 Å². The van der Waals surface area contributed by atoms with Crippen molar-refractivity contribution in [3.8, 4) is 0 Å². The molecule has 0 heterocycles. The molecule has 22 heavy (non-hydrogen) atoms. The van der Waals surface area contributed by atoms with Crippen LogP contribution >= 0.6 is 15.9 Å². The Morgan fingerprint density at radius 3 is 2.23 bits per heavy atom. The number of aryl methyl sites for hydroxylation is 1. The first-order chi connectivity index (χ1) is 10.1. The molecule has 0 bridgehead atoms. The predicted molar refractivity (Wildman–Crippen MR) is 89.2 cm³/mol. The summed E-state index contributed by atoms with van der Waals surface area (Å²) in [5.74, 6) is 0. The number of halogens is 1. The van der Waals surface area contributed by atoms with E-state index < -0.39 is 19.9 Å². The molecule has 0 aliphatic carbocycles. The third kappa shape index (κ3) is 3.68. The second kappa shape index (κ2) is 6.02. The number of hydrogen-bond acceptors (Lipinski definition) is 4. The molecule has 0 aromatic heterocycles. The monoisotopic (exact) mass is 403 g/mol. The van der Waals surface area contributed by atoms with Crippen molar-refractivity contribution in [2.45, 2.75) is 16.7 Å². The highest BCUT2D eigenvalue weighted by Crippen LogP contribution is 2.25. The van der Waals surface area contributed by atoms with E-state index >= 15 is 0 Å². The van der Waals surface area contributed by atoms with Gasteiger partial charge in [0, 0.05) is 10.7 Å². The van der Waals surface area contributed by atoms with Crippen LogP contribution < -0.4 is 4.72 Å². The van der Waals surface area contributed by atoms with Crippen molar-refractivity contribution in [1.29, 1.82) is 0 Å². The fourth-order valence-electron chi connectivity index (χ4n) is 1.86. The van der Waals surface area contributed by atoms with Gasteiger partial charge < -0.3 is 0 Å². The highest BCUT2D eigenvalue weighted by atomic mass is 79.9. The number of hydrogen-bond donors (Lipinski definition) is 1. The van der Waals surface area contributed by atoms with Crippen molar-refractivity contribution in [2.24, 2.45) is 0 Å². The summed E-state index contributed by atoms with van der Waals surface area (Å²) in [7, 11) is -7.41. The van der Waals surface area contributed by atoms with Crippen molar-refractivity contribution in [3.63, 3.8) is 0 Å². The first kappa shape index (κ1) is 17.0. The van der Waals surface area contributed by atoms with E-state index in [-0.39, 0.29) is 15.5 Å². The Balaban J connectivity index is 2.48. The minimum Gasteiger partial charge on any atom is -0.278 e. The Morgan fingerprint density at radius 2 is 1.64 bits per heavy atom. The molecule has 2 aromatic rings. The topological polar surface area (TPSA) is 80.3 Å². The first-order valence-electron chi connectivity index (χ1n) is 6.19. The lowest BCUT2D eigenvalue weighted by Gasteiger charge is -2.12. The van der Waals surface area contributed by atoms with E-state index in [1.165, 1.54) is 30.3 Å². The molecule has 8 heteroatoms. The van der Waals surface area contributed by atoms with Gasteiger partial charge in [-0.15, -0.1) is 0 Å². The minimum atomic E-state index is -3.87. The van der Waals surface area contributed by atoms with Crippen LogP contribution in [0.5, 0.6) is 0 Å². The molecule has 1 N–H and O–H groups in total. The van der Waals surface area contributed by atoms with Crippen LogP contribution in [0.4, 0.5) is 5.69 Å². The third-order valence-electron chi connectivity index (χ3n) is 2.97. The molecule has 0 unspecified atom stereocenters.